The summed E-state index contributed by atoms with van der Waals surface area (Å²) in [5.74, 6) is 0.512. The van der Waals surface area contributed by atoms with Gasteiger partial charge in [0, 0.05) is 49.2 Å². The van der Waals surface area contributed by atoms with Crippen LogP contribution in [-0.2, 0) is 4.74 Å². The average molecular weight is 307 g/mol. The van der Waals surface area contributed by atoms with Crippen LogP contribution in [0.25, 0.3) is 0 Å². The Bertz CT molecular complexity index is 441. The Labute approximate surface area is 133 Å². The maximum atomic E-state index is 12.3. The van der Waals surface area contributed by atoms with Crippen LogP contribution >= 0.6 is 0 Å². The van der Waals surface area contributed by atoms with E-state index in [1.807, 2.05) is 0 Å². The lowest BCUT2D eigenvalue weighted by atomic mass is 9.57. The molecule has 4 aliphatic rings. The average Bonchev–Trinajstić information content (AvgIpc) is 3.24. The first kappa shape index (κ1) is 14.8. The Morgan fingerprint density at radius 1 is 1.09 bits per heavy atom. The van der Waals surface area contributed by atoms with Crippen molar-refractivity contribution in [1.82, 2.24) is 15.5 Å². The molecule has 2 N–H and O–H groups in total. The van der Waals surface area contributed by atoms with Crippen molar-refractivity contribution in [2.75, 3.05) is 19.7 Å². The topological polar surface area (TPSA) is 53.6 Å². The van der Waals surface area contributed by atoms with Crippen molar-refractivity contribution in [1.29, 1.82) is 0 Å². The summed E-state index contributed by atoms with van der Waals surface area (Å²) in [7, 11) is 0. The van der Waals surface area contributed by atoms with Gasteiger partial charge in [0.05, 0.1) is 6.10 Å². The van der Waals surface area contributed by atoms with Gasteiger partial charge in [0.15, 0.2) is 0 Å². The van der Waals surface area contributed by atoms with Gasteiger partial charge in [0.2, 0.25) is 0 Å². The molecule has 22 heavy (non-hydrogen) atoms. The Hall–Kier alpha value is -0.810. The molecule has 0 unspecified atom stereocenters. The molecule has 2 saturated carbocycles. The fourth-order valence-electron chi connectivity index (χ4n) is 4.83. The van der Waals surface area contributed by atoms with Crippen molar-refractivity contribution in [2.45, 2.75) is 70.2 Å². The highest BCUT2D eigenvalue weighted by Gasteiger charge is 2.59. The van der Waals surface area contributed by atoms with E-state index >= 15 is 0 Å². The maximum absolute atomic E-state index is 12.3. The van der Waals surface area contributed by atoms with E-state index in [9.17, 15) is 4.79 Å². The molecule has 2 aliphatic carbocycles. The second-order valence-corrected chi connectivity index (χ2v) is 8.20. The molecule has 2 aliphatic heterocycles. The highest BCUT2D eigenvalue weighted by atomic mass is 16.5. The highest BCUT2D eigenvalue weighted by molar-refractivity contribution is 5.75. The van der Waals surface area contributed by atoms with Gasteiger partial charge in [0.1, 0.15) is 0 Å². The van der Waals surface area contributed by atoms with Crippen LogP contribution in [0.1, 0.15) is 46.0 Å². The number of fused-ring (bicyclic) bond motifs is 1. The minimum absolute atomic E-state index is 0.0216. The van der Waals surface area contributed by atoms with Crippen LogP contribution in [0.15, 0.2) is 0 Å². The summed E-state index contributed by atoms with van der Waals surface area (Å²) in [6, 6.07) is 1.47. The van der Waals surface area contributed by atoms with Crippen molar-refractivity contribution >= 4 is 6.03 Å². The van der Waals surface area contributed by atoms with E-state index in [-0.39, 0.29) is 17.5 Å². The van der Waals surface area contributed by atoms with Gasteiger partial charge in [-0.1, -0.05) is 13.8 Å². The second-order valence-electron chi connectivity index (χ2n) is 8.20. The fraction of sp³-hybridized carbons (Fsp3) is 0.941. The molecule has 3 atom stereocenters. The second kappa shape index (κ2) is 5.38. The molecule has 0 bridgehead atoms. The number of nitrogens with zero attached hydrogens (tertiary/aromatic N) is 1. The van der Waals surface area contributed by atoms with E-state index in [4.69, 9.17) is 4.74 Å². The van der Waals surface area contributed by atoms with E-state index in [1.54, 1.807) is 0 Å². The summed E-state index contributed by atoms with van der Waals surface area (Å²) >= 11 is 0. The number of rotatable bonds is 3. The number of likely N-dealkylation sites (tertiary alicyclic amines) is 1. The molecular weight excluding hydrogens is 278 g/mol. The highest BCUT2D eigenvalue weighted by Crippen LogP contribution is 2.52. The largest absolute Gasteiger partial charge is 0.377 e. The fourth-order valence-corrected chi connectivity index (χ4v) is 4.83. The molecule has 0 spiro atoms. The third kappa shape index (κ3) is 2.52. The zero-order valence-corrected chi connectivity index (χ0v) is 13.8. The van der Waals surface area contributed by atoms with E-state index in [0.717, 1.165) is 45.0 Å². The molecule has 0 aromatic heterocycles. The minimum Gasteiger partial charge on any atom is -0.377 e. The van der Waals surface area contributed by atoms with Crippen molar-refractivity contribution in [2.24, 2.45) is 11.3 Å². The van der Waals surface area contributed by atoms with Gasteiger partial charge in [-0.25, -0.2) is 4.79 Å². The van der Waals surface area contributed by atoms with Crippen LogP contribution in [0.4, 0.5) is 4.79 Å². The SMILES string of the molecule is CC1(C)[C@H](NC(=O)NC2CCN(C3CC3)CC2)[C@@H]2CCO[C@@H]21. The monoisotopic (exact) mass is 307 g/mol. The molecule has 0 radical (unpaired) electrons. The standard InChI is InChI=1S/C17H29N3O2/c1-17(2)14(13-7-10-22-15(13)17)19-16(21)18-11-5-8-20(9-6-11)12-3-4-12/h11-15H,3-10H2,1-2H3,(H2,18,19,21)/t13-,14+,15-/m0/s1. The minimum atomic E-state index is 0.0216. The molecule has 4 rings (SSSR count). The number of carbonyl (C=O) groups excluding carboxylic acids is 1. The van der Waals surface area contributed by atoms with Gasteiger partial charge < -0.3 is 20.3 Å². The van der Waals surface area contributed by atoms with Crippen molar-refractivity contribution < 1.29 is 9.53 Å². The van der Waals surface area contributed by atoms with Crippen LogP contribution in [0.5, 0.6) is 0 Å². The number of amides is 2. The third-order valence-corrected chi connectivity index (χ3v) is 6.32. The van der Waals surface area contributed by atoms with Gasteiger partial charge in [-0.2, -0.15) is 0 Å². The Morgan fingerprint density at radius 3 is 2.50 bits per heavy atom. The third-order valence-electron chi connectivity index (χ3n) is 6.32. The molecule has 2 amide bonds. The van der Waals surface area contributed by atoms with E-state index < -0.39 is 0 Å². The van der Waals surface area contributed by atoms with Gasteiger partial charge in [0.25, 0.3) is 0 Å². The number of ether oxygens (including phenoxy) is 1. The van der Waals surface area contributed by atoms with Crippen LogP contribution in [-0.4, -0.2) is 54.9 Å². The number of piperidine rings is 1. The molecule has 4 fully saturated rings. The predicted molar refractivity (Wildman–Crippen MR) is 84.7 cm³/mol. The summed E-state index contributed by atoms with van der Waals surface area (Å²) in [5, 5.41) is 6.43. The lowest BCUT2D eigenvalue weighted by molar-refractivity contribution is -0.108. The van der Waals surface area contributed by atoms with E-state index in [1.165, 1.54) is 12.8 Å². The summed E-state index contributed by atoms with van der Waals surface area (Å²) < 4.78 is 5.79. The molecule has 5 heteroatoms. The quantitative estimate of drug-likeness (QED) is 0.835. The lowest BCUT2D eigenvalue weighted by Gasteiger charge is -2.54. The molecule has 0 aromatic carbocycles. The van der Waals surface area contributed by atoms with Gasteiger partial charge >= 0.3 is 6.03 Å². The molecule has 124 valence electrons. The van der Waals surface area contributed by atoms with Gasteiger partial charge in [-0.15, -0.1) is 0 Å². The number of hydrogen-bond acceptors (Lipinski definition) is 3. The first-order valence-corrected chi connectivity index (χ1v) is 8.98. The van der Waals surface area contributed by atoms with Crippen LogP contribution < -0.4 is 10.6 Å². The molecule has 5 nitrogen and oxygen atoms in total. The van der Waals surface area contributed by atoms with Crippen LogP contribution in [0.2, 0.25) is 0 Å². The molecule has 2 heterocycles. The zero-order chi connectivity index (χ0) is 15.3. The Balaban J connectivity index is 1.25. The number of hydrogen-bond donors (Lipinski definition) is 2. The van der Waals surface area contributed by atoms with Gasteiger partial charge in [-0.3, -0.25) is 0 Å². The normalized spacial score (nSPS) is 38.2. The maximum Gasteiger partial charge on any atom is 0.315 e. The van der Waals surface area contributed by atoms with E-state index in [2.05, 4.69) is 29.4 Å². The van der Waals surface area contributed by atoms with Crippen LogP contribution in [0, 0.1) is 11.3 Å². The predicted octanol–water partition coefficient (Wildman–Crippen LogP) is 1.73. The summed E-state index contributed by atoms with van der Waals surface area (Å²) in [6.07, 6.45) is 6.35. The summed E-state index contributed by atoms with van der Waals surface area (Å²) in [4.78, 5) is 14.9. The molecule has 0 aromatic rings. The van der Waals surface area contributed by atoms with Crippen LogP contribution in [0.3, 0.4) is 0 Å². The lowest BCUT2D eigenvalue weighted by Crippen LogP contribution is -2.68. The summed E-state index contributed by atoms with van der Waals surface area (Å²) in [6.45, 7) is 7.54. The Morgan fingerprint density at radius 2 is 1.82 bits per heavy atom. The van der Waals surface area contributed by atoms with E-state index in [0.29, 0.717) is 18.1 Å². The van der Waals surface area contributed by atoms with Crippen molar-refractivity contribution in [3.05, 3.63) is 0 Å². The smallest absolute Gasteiger partial charge is 0.315 e. The number of nitrogens with one attached hydrogen (secondary N) is 2. The Kier molecular flexibility index (Phi) is 3.61. The first-order valence-electron chi connectivity index (χ1n) is 8.98. The summed E-state index contributed by atoms with van der Waals surface area (Å²) in [5.41, 5.74) is 0.0633. The van der Waals surface area contributed by atoms with Gasteiger partial charge in [-0.05, 0) is 32.1 Å². The van der Waals surface area contributed by atoms with Crippen molar-refractivity contribution in [3.8, 4) is 0 Å². The number of carbonyl (C=O) groups is 1. The van der Waals surface area contributed by atoms with Crippen molar-refractivity contribution in [3.63, 3.8) is 0 Å². The number of urea groups is 1. The first-order chi connectivity index (χ1) is 10.6. The molecule has 2 saturated heterocycles. The molecular formula is C17H29N3O2. The zero-order valence-electron chi connectivity index (χ0n) is 13.8.